The summed E-state index contributed by atoms with van der Waals surface area (Å²) in [4.78, 5) is 24.0. The number of cyclic esters (lactones) is 1. The highest BCUT2D eigenvalue weighted by Gasteiger charge is 2.31. The smallest absolute Gasteiger partial charge is 0.342 e. The number of aryl methyl sites for hydroxylation is 1. The molecule has 0 radical (unpaired) electrons. The van der Waals surface area contributed by atoms with E-state index < -0.39 is 5.97 Å². The Bertz CT molecular complexity index is 991. The molecule has 2 aromatic rings. The van der Waals surface area contributed by atoms with Crippen LogP contribution in [0.4, 0.5) is 5.69 Å². The number of ether oxygens (including phenoxy) is 2. The summed E-state index contributed by atoms with van der Waals surface area (Å²) < 4.78 is 12.2. The first-order chi connectivity index (χ1) is 13.8. The number of allylic oxidation sites excluding steroid dienone is 2. The number of methoxy groups -OCH3 is 1. The molecule has 3 rings (SSSR count). The van der Waals surface area contributed by atoms with Crippen molar-refractivity contribution < 1.29 is 24.2 Å². The van der Waals surface area contributed by atoms with Crippen LogP contribution in [0.5, 0.6) is 11.5 Å². The molecule has 0 saturated carbocycles. The fourth-order valence-electron chi connectivity index (χ4n) is 3.43. The molecule has 0 fully saturated rings. The normalized spacial score (nSPS) is 13.2. The van der Waals surface area contributed by atoms with Gasteiger partial charge in [0.2, 0.25) is 5.91 Å². The molecule has 1 amide bonds. The van der Waals surface area contributed by atoms with E-state index >= 15 is 0 Å². The molecular weight excluding hydrogens is 374 g/mol. The zero-order valence-corrected chi connectivity index (χ0v) is 17.0. The Morgan fingerprint density at radius 1 is 1.45 bits per heavy atom. The van der Waals surface area contributed by atoms with Gasteiger partial charge in [-0.1, -0.05) is 11.6 Å². The molecule has 29 heavy (non-hydrogen) atoms. The van der Waals surface area contributed by atoms with Crippen molar-refractivity contribution in [2.24, 2.45) is 7.05 Å². The molecule has 0 atom stereocenters. The van der Waals surface area contributed by atoms with Crippen LogP contribution in [-0.2, 0) is 29.6 Å². The number of benzene rings is 1. The summed E-state index contributed by atoms with van der Waals surface area (Å²) in [5.41, 5.74) is 3.88. The summed E-state index contributed by atoms with van der Waals surface area (Å²) >= 11 is 0. The van der Waals surface area contributed by atoms with Gasteiger partial charge in [0.1, 0.15) is 23.7 Å². The Morgan fingerprint density at radius 2 is 2.21 bits per heavy atom. The summed E-state index contributed by atoms with van der Waals surface area (Å²) in [6.07, 6.45) is 6.54. The van der Waals surface area contributed by atoms with Crippen molar-refractivity contribution in [3.63, 3.8) is 0 Å². The van der Waals surface area contributed by atoms with Crippen LogP contribution < -0.4 is 10.1 Å². The van der Waals surface area contributed by atoms with Gasteiger partial charge in [0.05, 0.1) is 19.0 Å². The van der Waals surface area contributed by atoms with Gasteiger partial charge >= 0.3 is 5.97 Å². The Morgan fingerprint density at radius 3 is 2.86 bits per heavy atom. The van der Waals surface area contributed by atoms with Crippen LogP contribution in [0.3, 0.4) is 0 Å². The Labute approximate surface area is 169 Å². The van der Waals surface area contributed by atoms with Crippen molar-refractivity contribution in [2.75, 3.05) is 12.4 Å². The van der Waals surface area contributed by atoms with Crippen LogP contribution in [0, 0.1) is 6.92 Å². The third kappa shape index (κ3) is 4.26. The van der Waals surface area contributed by atoms with E-state index in [1.54, 1.807) is 24.1 Å². The minimum atomic E-state index is -0.516. The van der Waals surface area contributed by atoms with E-state index in [1.165, 1.54) is 7.11 Å². The average molecular weight is 399 g/mol. The topological polar surface area (TPSA) is 103 Å². The van der Waals surface area contributed by atoms with Gasteiger partial charge in [0.25, 0.3) is 0 Å². The fraction of sp³-hybridized carbons (Fsp3) is 0.381. The summed E-state index contributed by atoms with van der Waals surface area (Å²) in [5, 5.41) is 17.4. The van der Waals surface area contributed by atoms with Crippen LogP contribution in [0.15, 0.2) is 24.0 Å². The van der Waals surface area contributed by atoms with Crippen molar-refractivity contribution in [1.82, 2.24) is 9.78 Å². The van der Waals surface area contributed by atoms with Gasteiger partial charge in [0, 0.05) is 30.8 Å². The number of fused-ring (bicyclic) bond motifs is 1. The summed E-state index contributed by atoms with van der Waals surface area (Å²) in [5.74, 6) is -0.152. The predicted octanol–water partition coefficient (Wildman–Crippen LogP) is 3.02. The molecule has 0 aliphatic carbocycles. The highest BCUT2D eigenvalue weighted by Crippen LogP contribution is 2.42. The van der Waals surface area contributed by atoms with Gasteiger partial charge in [0.15, 0.2) is 0 Å². The van der Waals surface area contributed by atoms with E-state index in [1.807, 2.05) is 19.9 Å². The third-order valence-electron chi connectivity index (χ3n) is 5.04. The summed E-state index contributed by atoms with van der Waals surface area (Å²) in [7, 11) is 3.32. The van der Waals surface area contributed by atoms with E-state index in [-0.39, 0.29) is 23.8 Å². The Balaban J connectivity index is 1.69. The number of nitrogens with zero attached hydrogens (tertiary/aromatic N) is 2. The van der Waals surface area contributed by atoms with Crippen LogP contribution in [0.2, 0.25) is 0 Å². The maximum atomic E-state index is 12.1. The lowest BCUT2D eigenvalue weighted by atomic mass is 9.94. The number of aromatic nitrogens is 2. The quantitative estimate of drug-likeness (QED) is 0.548. The van der Waals surface area contributed by atoms with Gasteiger partial charge in [-0.3, -0.25) is 9.48 Å². The highest BCUT2D eigenvalue weighted by atomic mass is 16.5. The van der Waals surface area contributed by atoms with Gasteiger partial charge < -0.3 is 19.9 Å². The maximum absolute atomic E-state index is 12.1. The minimum absolute atomic E-state index is 0.0941. The largest absolute Gasteiger partial charge is 0.507 e. The Kier molecular flexibility index (Phi) is 5.91. The molecule has 0 spiro atoms. The molecule has 1 aliphatic heterocycles. The number of nitrogens with one attached hydrogen (secondary N) is 1. The molecule has 154 valence electrons. The first-order valence-corrected chi connectivity index (χ1v) is 9.34. The third-order valence-corrected chi connectivity index (χ3v) is 5.04. The second-order valence-corrected chi connectivity index (χ2v) is 7.12. The van der Waals surface area contributed by atoms with Crippen molar-refractivity contribution in [2.45, 2.75) is 39.7 Å². The lowest BCUT2D eigenvalue weighted by Crippen LogP contribution is -2.10. The molecular formula is C21H25N3O5. The highest BCUT2D eigenvalue weighted by molar-refractivity contribution is 5.98. The number of anilines is 1. The number of hydrogen-bond acceptors (Lipinski definition) is 6. The SMILES string of the molecule is COc1c(C)c2c(c(O)c1C/C=C(\C)CCC(=O)Nc1cnn(C)c1)C(=O)OC2. The Hall–Kier alpha value is -3.29. The first-order valence-electron chi connectivity index (χ1n) is 9.34. The lowest BCUT2D eigenvalue weighted by Gasteiger charge is -2.15. The van der Waals surface area contributed by atoms with Crippen LogP contribution in [-0.4, -0.2) is 33.9 Å². The number of carbonyl (C=O) groups is 2. The van der Waals surface area contributed by atoms with E-state index in [4.69, 9.17) is 9.47 Å². The first kappa shape index (κ1) is 20.4. The predicted molar refractivity (Wildman–Crippen MR) is 107 cm³/mol. The molecule has 0 saturated heterocycles. The zero-order valence-electron chi connectivity index (χ0n) is 17.0. The lowest BCUT2D eigenvalue weighted by molar-refractivity contribution is -0.116. The van der Waals surface area contributed by atoms with Crippen molar-refractivity contribution in [1.29, 1.82) is 0 Å². The summed E-state index contributed by atoms with van der Waals surface area (Å²) in [6.45, 7) is 3.92. The van der Waals surface area contributed by atoms with Crippen molar-refractivity contribution in [3.8, 4) is 11.5 Å². The second-order valence-electron chi connectivity index (χ2n) is 7.12. The minimum Gasteiger partial charge on any atom is -0.507 e. The summed E-state index contributed by atoms with van der Waals surface area (Å²) in [6, 6.07) is 0. The molecule has 0 bridgehead atoms. The fourth-order valence-corrected chi connectivity index (χ4v) is 3.43. The van der Waals surface area contributed by atoms with E-state index in [9.17, 15) is 14.7 Å². The maximum Gasteiger partial charge on any atom is 0.342 e. The average Bonchev–Trinajstić information content (AvgIpc) is 3.27. The van der Waals surface area contributed by atoms with E-state index in [2.05, 4.69) is 10.4 Å². The number of hydrogen-bond donors (Lipinski definition) is 2. The molecule has 1 aliphatic rings. The monoisotopic (exact) mass is 399 g/mol. The van der Waals surface area contributed by atoms with E-state index in [0.29, 0.717) is 41.8 Å². The number of aromatic hydroxyl groups is 1. The van der Waals surface area contributed by atoms with Crippen LogP contribution >= 0.6 is 0 Å². The number of esters is 1. The number of phenols is 1. The number of phenolic OH excluding ortho intramolecular Hbond substituents is 1. The molecule has 1 aromatic carbocycles. The van der Waals surface area contributed by atoms with Gasteiger partial charge in [-0.2, -0.15) is 5.10 Å². The molecule has 8 heteroatoms. The molecule has 1 aromatic heterocycles. The van der Waals surface area contributed by atoms with Gasteiger partial charge in [-0.25, -0.2) is 4.79 Å². The van der Waals surface area contributed by atoms with Crippen molar-refractivity contribution >= 4 is 17.6 Å². The second kappa shape index (κ2) is 8.38. The van der Waals surface area contributed by atoms with Crippen LogP contribution in [0.1, 0.15) is 46.8 Å². The zero-order chi connectivity index (χ0) is 21.1. The molecule has 2 N–H and O–H groups in total. The van der Waals surface area contributed by atoms with Crippen molar-refractivity contribution in [3.05, 3.63) is 46.3 Å². The standard InChI is InChI=1S/C21H25N3O5/c1-12(6-8-17(25)23-14-9-22-24(3)10-14)5-7-15-19(26)18-16(11-29-21(18)27)13(2)20(15)28-4/h5,9-10,26H,6-8,11H2,1-4H3,(H,23,25)/b12-5+. The van der Waals surface area contributed by atoms with E-state index in [0.717, 1.165) is 11.1 Å². The molecule has 8 nitrogen and oxygen atoms in total. The number of amides is 1. The van der Waals surface area contributed by atoms with Crippen LogP contribution in [0.25, 0.3) is 0 Å². The van der Waals surface area contributed by atoms with Gasteiger partial charge in [-0.15, -0.1) is 0 Å². The number of rotatable bonds is 7. The molecule has 0 unspecified atom stereocenters. The van der Waals surface area contributed by atoms with Gasteiger partial charge in [-0.05, 0) is 32.3 Å². The molecule has 2 heterocycles. The number of carbonyl (C=O) groups excluding carboxylic acids is 2.